The van der Waals surface area contributed by atoms with Gasteiger partial charge in [-0.25, -0.2) is 0 Å². The maximum Gasteiger partial charge on any atom is 0.294 e. The Balaban J connectivity index is 1.67. The van der Waals surface area contributed by atoms with Crippen molar-refractivity contribution in [3.8, 4) is 11.5 Å². The van der Waals surface area contributed by atoms with E-state index in [1.807, 2.05) is 32.0 Å². The van der Waals surface area contributed by atoms with E-state index in [0.29, 0.717) is 45.3 Å². The number of aliphatic hydroxyl groups excluding tert-OH is 1. The third-order valence-electron chi connectivity index (χ3n) is 6.21. The number of methoxy groups -OCH3 is 1. The van der Waals surface area contributed by atoms with Gasteiger partial charge in [-0.3, -0.25) is 14.5 Å². The summed E-state index contributed by atoms with van der Waals surface area (Å²) in [5.41, 5.74) is 2.32. The number of carbonyl (C=O) groups is 2. The molecule has 0 spiro atoms. The average molecular weight is 518 g/mol. The lowest BCUT2D eigenvalue weighted by atomic mass is 9.94. The number of anilines is 1. The lowest BCUT2D eigenvalue weighted by Gasteiger charge is -2.27. The normalized spacial score (nSPS) is 15.5. The number of carbonyl (C=O) groups excluding carboxylic acids is 2. The Labute approximate surface area is 218 Å². The van der Waals surface area contributed by atoms with E-state index >= 15 is 0 Å². The number of halogens is 1. The summed E-state index contributed by atoms with van der Waals surface area (Å²) in [4.78, 5) is 28.8. The van der Waals surface area contributed by atoms with Crippen LogP contribution in [0.4, 0.5) is 5.69 Å². The van der Waals surface area contributed by atoms with Crippen LogP contribution in [-0.4, -0.2) is 30.5 Å². The first kappa shape index (κ1) is 24.5. The lowest BCUT2D eigenvalue weighted by molar-refractivity contribution is -0.117. The lowest BCUT2D eigenvalue weighted by Crippen LogP contribution is -2.31. The number of nitrogens with zero attached hydrogens (tertiary/aromatic N) is 1. The van der Waals surface area contributed by atoms with E-state index in [0.717, 1.165) is 5.56 Å². The minimum Gasteiger partial charge on any atom is -0.503 e. The minimum atomic E-state index is -0.916. The predicted octanol–water partition coefficient (Wildman–Crippen LogP) is 6.58. The first-order valence-electron chi connectivity index (χ1n) is 11.7. The number of amides is 1. The third-order valence-corrected chi connectivity index (χ3v) is 6.43. The molecular formula is C29H24ClNO6. The number of rotatable bonds is 7. The van der Waals surface area contributed by atoms with Crippen LogP contribution in [0.15, 0.2) is 82.5 Å². The van der Waals surface area contributed by atoms with E-state index in [2.05, 4.69) is 0 Å². The van der Waals surface area contributed by atoms with Gasteiger partial charge in [0.1, 0.15) is 5.75 Å². The molecule has 3 aromatic carbocycles. The molecule has 1 aliphatic heterocycles. The van der Waals surface area contributed by atoms with Crippen molar-refractivity contribution in [3.63, 3.8) is 0 Å². The third kappa shape index (κ3) is 4.32. The summed E-state index contributed by atoms with van der Waals surface area (Å²) in [6, 6.07) is 18.3. The van der Waals surface area contributed by atoms with Gasteiger partial charge in [-0.2, -0.15) is 0 Å². The fourth-order valence-corrected chi connectivity index (χ4v) is 4.84. The number of fused-ring (bicyclic) bond motifs is 1. The van der Waals surface area contributed by atoms with Crippen molar-refractivity contribution < 1.29 is 28.6 Å². The molecule has 1 atom stereocenters. The number of benzene rings is 3. The van der Waals surface area contributed by atoms with Gasteiger partial charge >= 0.3 is 0 Å². The van der Waals surface area contributed by atoms with Crippen LogP contribution in [0.1, 0.15) is 34.6 Å². The molecule has 7 nitrogen and oxygen atoms in total. The molecule has 2 heterocycles. The molecule has 37 heavy (non-hydrogen) atoms. The molecule has 188 valence electrons. The summed E-state index contributed by atoms with van der Waals surface area (Å²) in [7, 11) is 1.47. The molecule has 0 saturated carbocycles. The Bertz CT molecular complexity index is 1570. The smallest absolute Gasteiger partial charge is 0.294 e. The van der Waals surface area contributed by atoms with Crippen LogP contribution in [0.2, 0.25) is 5.02 Å². The average Bonchev–Trinajstić information content (AvgIpc) is 3.42. The summed E-state index contributed by atoms with van der Waals surface area (Å²) < 4.78 is 16.9. The minimum absolute atomic E-state index is 0.0537. The highest BCUT2D eigenvalue weighted by Crippen LogP contribution is 2.43. The SMILES string of the molecule is CCOc1cccc(C2C(C(=O)c3cc4cc(Cl)cc(OC)c4o3)=C(O)C(=O)N2c2cccc(C)c2)c1. The molecule has 1 aliphatic rings. The van der Waals surface area contributed by atoms with E-state index in [9.17, 15) is 14.7 Å². The molecule has 1 N–H and O–H groups in total. The summed E-state index contributed by atoms with van der Waals surface area (Å²) in [5.74, 6) is -1.05. The second kappa shape index (κ2) is 9.67. The van der Waals surface area contributed by atoms with Crippen LogP contribution < -0.4 is 14.4 Å². The van der Waals surface area contributed by atoms with Gasteiger partial charge in [0.05, 0.1) is 25.3 Å². The van der Waals surface area contributed by atoms with Crippen molar-refractivity contribution in [2.24, 2.45) is 0 Å². The van der Waals surface area contributed by atoms with Gasteiger partial charge in [0.2, 0.25) is 5.78 Å². The Morgan fingerprint density at radius 2 is 1.89 bits per heavy atom. The quantitative estimate of drug-likeness (QED) is 0.278. The molecule has 1 unspecified atom stereocenters. The zero-order chi connectivity index (χ0) is 26.3. The standard InChI is InChI=1S/C29H24ClNO6/c1-4-36-21-10-6-8-17(13-21)25-24(27(33)29(34)31(25)20-9-5-7-16(2)11-20)26(32)22-14-18-12-19(30)15-23(35-3)28(18)37-22/h5-15,25,33H,4H2,1-3H3. The van der Waals surface area contributed by atoms with Crippen molar-refractivity contribution in [1.82, 2.24) is 0 Å². The van der Waals surface area contributed by atoms with E-state index in [1.165, 1.54) is 18.1 Å². The number of Topliss-reactive ketones (excluding diaryl/α,β-unsaturated/α-hetero) is 1. The van der Waals surface area contributed by atoms with E-state index in [-0.39, 0.29) is 11.3 Å². The van der Waals surface area contributed by atoms with Crippen molar-refractivity contribution in [3.05, 3.63) is 100.0 Å². The molecular weight excluding hydrogens is 494 g/mol. The number of aliphatic hydroxyl groups is 1. The van der Waals surface area contributed by atoms with E-state index in [1.54, 1.807) is 42.5 Å². The van der Waals surface area contributed by atoms with Crippen molar-refractivity contribution in [1.29, 1.82) is 0 Å². The molecule has 0 bridgehead atoms. The van der Waals surface area contributed by atoms with Gasteiger partial charge in [-0.05, 0) is 61.4 Å². The first-order chi connectivity index (χ1) is 17.8. The summed E-state index contributed by atoms with van der Waals surface area (Å²) >= 11 is 6.19. The van der Waals surface area contributed by atoms with Crippen LogP contribution in [0.3, 0.4) is 0 Å². The predicted molar refractivity (Wildman–Crippen MR) is 141 cm³/mol. The monoisotopic (exact) mass is 517 g/mol. The van der Waals surface area contributed by atoms with Crippen molar-refractivity contribution in [2.45, 2.75) is 19.9 Å². The maximum atomic E-state index is 13.9. The Morgan fingerprint density at radius 1 is 1.11 bits per heavy atom. The fraction of sp³-hybridized carbons (Fsp3) is 0.172. The molecule has 0 saturated heterocycles. The van der Waals surface area contributed by atoms with E-state index < -0.39 is 23.5 Å². The second-order valence-corrected chi connectivity index (χ2v) is 9.09. The molecule has 0 aliphatic carbocycles. The van der Waals surface area contributed by atoms with E-state index in [4.69, 9.17) is 25.5 Å². The summed E-state index contributed by atoms with van der Waals surface area (Å²) in [5, 5.41) is 12.0. The Morgan fingerprint density at radius 3 is 2.62 bits per heavy atom. The largest absolute Gasteiger partial charge is 0.503 e. The summed E-state index contributed by atoms with van der Waals surface area (Å²) in [6.45, 7) is 4.22. The van der Waals surface area contributed by atoms with Gasteiger partial charge < -0.3 is 19.0 Å². The topological polar surface area (TPSA) is 89.2 Å². The fourth-order valence-electron chi connectivity index (χ4n) is 4.62. The molecule has 4 aromatic rings. The van der Waals surface area contributed by atoms with Crippen LogP contribution in [0.25, 0.3) is 11.0 Å². The Kier molecular flexibility index (Phi) is 6.39. The zero-order valence-corrected chi connectivity index (χ0v) is 21.2. The number of ether oxygens (including phenoxy) is 2. The number of aryl methyl sites for hydroxylation is 1. The molecule has 5 rings (SSSR count). The molecule has 8 heteroatoms. The van der Waals surface area contributed by atoms with Gasteiger partial charge in [0.15, 0.2) is 22.9 Å². The number of ketones is 1. The zero-order valence-electron chi connectivity index (χ0n) is 20.4. The molecule has 0 radical (unpaired) electrons. The number of hydrogen-bond donors (Lipinski definition) is 1. The van der Waals surface area contributed by atoms with Gasteiger partial charge in [0.25, 0.3) is 5.91 Å². The van der Waals surface area contributed by atoms with Gasteiger partial charge in [-0.15, -0.1) is 0 Å². The van der Waals surface area contributed by atoms with Crippen LogP contribution in [0.5, 0.6) is 11.5 Å². The van der Waals surface area contributed by atoms with Crippen molar-refractivity contribution >= 4 is 39.9 Å². The highest BCUT2D eigenvalue weighted by Gasteiger charge is 2.45. The van der Waals surface area contributed by atoms with Gasteiger partial charge in [-0.1, -0.05) is 35.9 Å². The Hall–Kier alpha value is -4.23. The molecule has 1 amide bonds. The highest BCUT2D eigenvalue weighted by molar-refractivity contribution is 6.31. The molecule has 1 aromatic heterocycles. The number of hydrogen-bond acceptors (Lipinski definition) is 6. The van der Waals surface area contributed by atoms with Crippen LogP contribution >= 0.6 is 11.6 Å². The first-order valence-corrected chi connectivity index (χ1v) is 12.1. The highest BCUT2D eigenvalue weighted by atomic mass is 35.5. The second-order valence-electron chi connectivity index (χ2n) is 8.65. The van der Waals surface area contributed by atoms with Crippen molar-refractivity contribution in [2.75, 3.05) is 18.6 Å². The maximum absolute atomic E-state index is 13.9. The number of furan rings is 1. The molecule has 0 fully saturated rings. The van der Waals surface area contributed by atoms with Gasteiger partial charge in [0, 0.05) is 22.2 Å². The van der Waals surface area contributed by atoms with Crippen LogP contribution in [-0.2, 0) is 4.79 Å². The van der Waals surface area contributed by atoms with Crippen LogP contribution in [0, 0.1) is 6.92 Å². The summed E-state index contributed by atoms with van der Waals surface area (Å²) in [6.07, 6.45) is 0.